The highest BCUT2D eigenvalue weighted by Gasteiger charge is 2.23. The van der Waals surface area contributed by atoms with Crippen molar-refractivity contribution in [1.29, 1.82) is 0 Å². The summed E-state index contributed by atoms with van der Waals surface area (Å²) < 4.78 is 27.2. The van der Waals surface area contributed by atoms with Crippen molar-refractivity contribution >= 4 is 17.7 Å². The molecule has 3 nitrogen and oxygen atoms in total. The van der Waals surface area contributed by atoms with Gasteiger partial charge in [-0.15, -0.1) is 0 Å². The lowest BCUT2D eigenvalue weighted by molar-refractivity contribution is -0.131. The average Bonchev–Trinajstić information content (AvgIpc) is 2.62. The van der Waals surface area contributed by atoms with Crippen LogP contribution in [-0.4, -0.2) is 24.2 Å². The van der Waals surface area contributed by atoms with Crippen LogP contribution in [0.3, 0.4) is 0 Å². The summed E-state index contributed by atoms with van der Waals surface area (Å²) in [7, 11) is 0. The van der Waals surface area contributed by atoms with Crippen LogP contribution in [0.5, 0.6) is 0 Å². The molecule has 1 aliphatic rings. The average molecular weight is 385 g/mol. The van der Waals surface area contributed by atoms with Crippen molar-refractivity contribution in [2.45, 2.75) is 33.1 Å². The van der Waals surface area contributed by atoms with Gasteiger partial charge in [0.15, 0.2) is 0 Å². The van der Waals surface area contributed by atoms with Gasteiger partial charge in [0.1, 0.15) is 11.6 Å². The molecule has 1 aliphatic heterocycles. The van der Waals surface area contributed by atoms with E-state index in [1.807, 2.05) is 26.0 Å². The van der Waals surface area contributed by atoms with Crippen LogP contribution in [-0.2, 0) is 11.2 Å². The first-order valence-corrected chi connectivity index (χ1v) is 9.54. The lowest BCUT2D eigenvalue weighted by Crippen LogP contribution is -2.37. The Bertz CT molecular complexity index is 884. The molecule has 0 bridgehead atoms. The summed E-state index contributed by atoms with van der Waals surface area (Å²) >= 11 is 0. The van der Waals surface area contributed by atoms with E-state index in [1.165, 1.54) is 6.07 Å². The monoisotopic (exact) mass is 385 g/mol. The molecule has 28 heavy (non-hydrogen) atoms. The van der Waals surface area contributed by atoms with E-state index in [0.29, 0.717) is 17.9 Å². The zero-order valence-corrected chi connectivity index (χ0v) is 16.2. The maximum atomic E-state index is 14.0. The van der Waals surface area contributed by atoms with E-state index in [9.17, 15) is 13.6 Å². The summed E-state index contributed by atoms with van der Waals surface area (Å²) in [6.45, 7) is 5.82. The Kier molecular flexibility index (Phi) is 6.12. The van der Waals surface area contributed by atoms with E-state index in [-0.39, 0.29) is 0 Å². The van der Waals surface area contributed by atoms with Gasteiger partial charge in [-0.3, -0.25) is 0 Å². The molecular weight excluding hydrogens is 360 g/mol. The van der Waals surface area contributed by atoms with E-state index in [2.05, 4.69) is 4.90 Å². The minimum Gasteiger partial charge on any atom is -0.478 e. The summed E-state index contributed by atoms with van der Waals surface area (Å²) in [5.41, 5.74) is 4.79. The van der Waals surface area contributed by atoms with E-state index in [4.69, 9.17) is 5.11 Å². The molecule has 0 aliphatic carbocycles. The van der Waals surface area contributed by atoms with Crippen LogP contribution < -0.4 is 4.90 Å². The van der Waals surface area contributed by atoms with E-state index >= 15 is 0 Å². The maximum Gasteiger partial charge on any atom is 0.328 e. The third-order valence-electron chi connectivity index (χ3n) is 5.29. The highest BCUT2D eigenvalue weighted by atomic mass is 19.1. The Labute approximate surface area is 164 Å². The van der Waals surface area contributed by atoms with Crippen LogP contribution in [0.25, 0.3) is 6.08 Å². The molecule has 1 atom stereocenters. The number of rotatable bonds is 5. The first-order valence-electron chi connectivity index (χ1n) is 9.54. The number of aliphatic carboxylic acids is 1. The van der Waals surface area contributed by atoms with Gasteiger partial charge >= 0.3 is 5.97 Å². The number of carboxylic acid groups (broad SMARTS) is 1. The molecule has 5 heteroatoms. The maximum absolute atomic E-state index is 14.0. The van der Waals surface area contributed by atoms with Gasteiger partial charge in [0.25, 0.3) is 0 Å². The molecule has 0 radical (unpaired) electrons. The molecule has 1 saturated heterocycles. The van der Waals surface area contributed by atoms with Crippen molar-refractivity contribution < 1.29 is 18.7 Å². The van der Waals surface area contributed by atoms with Crippen molar-refractivity contribution in [2.24, 2.45) is 5.92 Å². The molecule has 2 aromatic rings. The number of anilines is 1. The SMILES string of the molecule is Cc1cc(/C=C/C(=O)O)cc(C)c1N1CCCC(Cc2ccc(F)cc2F)C1. The molecule has 0 spiro atoms. The molecule has 3 rings (SSSR count). The highest BCUT2D eigenvalue weighted by molar-refractivity contribution is 5.85. The van der Waals surface area contributed by atoms with Gasteiger partial charge in [-0.2, -0.15) is 0 Å². The van der Waals surface area contributed by atoms with Gasteiger partial charge in [0, 0.05) is 30.9 Å². The van der Waals surface area contributed by atoms with E-state index in [1.54, 1.807) is 12.1 Å². The number of hydrogen-bond acceptors (Lipinski definition) is 2. The van der Waals surface area contributed by atoms with Crippen LogP contribution in [0, 0.1) is 31.4 Å². The van der Waals surface area contributed by atoms with Crippen molar-refractivity contribution in [3.63, 3.8) is 0 Å². The third-order valence-corrected chi connectivity index (χ3v) is 5.29. The Morgan fingerprint density at radius 3 is 2.57 bits per heavy atom. The lowest BCUT2D eigenvalue weighted by atomic mass is 9.90. The normalized spacial score (nSPS) is 17.3. The smallest absolute Gasteiger partial charge is 0.328 e. The Morgan fingerprint density at radius 1 is 1.21 bits per heavy atom. The van der Waals surface area contributed by atoms with E-state index in [0.717, 1.165) is 60.5 Å². The van der Waals surface area contributed by atoms with Gasteiger partial charge in [0.2, 0.25) is 0 Å². The molecule has 0 aromatic heterocycles. The standard InChI is InChI=1S/C23H25F2NO2/c1-15-10-17(5-8-22(27)28)11-16(2)23(15)26-9-3-4-18(14-26)12-19-6-7-20(24)13-21(19)25/h5-8,10-11,13,18H,3-4,9,12,14H2,1-2H3,(H,27,28)/b8-5+. The van der Waals surface area contributed by atoms with E-state index < -0.39 is 17.6 Å². The number of piperidine rings is 1. The fourth-order valence-corrected chi connectivity index (χ4v) is 4.18. The van der Waals surface area contributed by atoms with Gasteiger partial charge in [0.05, 0.1) is 0 Å². The summed E-state index contributed by atoms with van der Waals surface area (Å²) in [6.07, 6.45) is 5.38. The molecule has 2 aromatic carbocycles. The molecule has 148 valence electrons. The summed E-state index contributed by atoms with van der Waals surface area (Å²) in [6, 6.07) is 7.80. The lowest BCUT2D eigenvalue weighted by Gasteiger charge is -2.36. The van der Waals surface area contributed by atoms with Crippen molar-refractivity contribution in [1.82, 2.24) is 0 Å². The molecular formula is C23H25F2NO2. The fraction of sp³-hybridized carbons (Fsp3) is 0.348. The fourth-order valence-electron chi connectivity index (χ4n) is 4.18. The second kappa shape index (κ2) is 8.55. The Morgan fingerprint density at radius 2 is 1.93 bits per heavy atom. The first-order chi connectivity index (χ1) is 13.3. The largest absolute Gasteiger partial charge is 0.478 e. The number of hydrogen-bond donors (Lipinski definition) is 1. The Balaban J connectivity index is 1.77. The van der Waals surface area contributed by atoms with Crippen LogP contribution >= 0.6 is 0 Å². The van der Waals surface area contributed by atoms with Crippen LogP contribution in [0.2, 0.25) is 0 Å². The van der Waals surface area contributed by atoms with Crippen molar-refractivity contribution in [3.05, 3.63) is 70.3 Å². The predicted molar refractivity (Wildman–Crippen MR) is 108 cm³/mol. The quantitative estimate of drug-likeness (QED) is 0.725. The second-order valence-corrected chi connectivity index (χ2v) is 7.57. The van der Waals surface area contributed by atoms with Crippen LogP contribution in [0.4, 0.5) is 14.5 Å². The predicted octanol–water partition coefficient (Wildman–Crippen LogP) is 5.14. The topological polar surface area (TPSA) is 40.5 Å². The first kappa shape index (κ1) is 20.1. The Hall–Kier alpha value is -2.69. The number of carbonyl (C=O) groups is 1. The molecule has 1 N–H and O–H groups in total. The molecule has 0 amide bonds. The van der Waals surface area contributed by atoms with Crippen molar-refractivity contribution in [2.75, 3.05) is 18.0 Å². The van der Waals surface area contributed by atoms with Crippen LogP contribution in [0.15, 0.2) is 36.4 Å². The van der Waals surface area contributed by atoms with Crippen LogP contribution in [0.1, 0.15) is 35.1 Å². The van der Waals surface area contributed by atoms with Gasteiger partial charge in [-0.25, -0.2) is 13.6 Å². The number of halogens is 2. The molecule has 1 heterocycles. The molecule has 1 unspecified atom stereocenters. The van der Waals surface area contributed by atoms with Gasteiger partial charge < -0.3 is 10.0 Å². The highest BCUT2D eigenvalue weighted by Crippen LogP contribution is 2.32. The third kappa shape index (κ3) is 4.77. The van der Waals surface area contributed by atoms with Gasteiger partial charge in [-0.1, -0.05) is 6.07 Å². The minimum absolute atomic E-state index is 0.305. The summed E-state index contributed by atoms with van der Waals surface area (Å²) in [5.74, 6) is -1.68. The summed E-state index contributed by atoms with van der Waals surface area (Å²) in [4.78, 5) is 13.1. The van der Waals surface area contributed by atoms with Gasteiger partial charge in [-0.05, 0) is 85.6 Å². The number of benzene rings is 2. The number of nitrogens with zero attached hydrogens (tertiary/aromatic N) is 1. The molecule has 1 fully saturated rings. The number of carboxylic acids is 1. The second-order valence-electron chi connectivity index (χ2n) is 7.57. The number of aryl methyl sites for hydroxylation is 2. The molecule has 0 saturated carbocycles. The minimum atomic E-state index is -0.966. The zero-order chi connectivity index (χ0) is 20.3. The zero-order valence-electron chi connectivity index (χ0n) is 16.2. The van der Waals surface area contributed by atoms with Crippen molar-refractivity contribution in [3.8, 4) is 0 Å². The summed E-state index contributed by atoms with van der Waals surface area (Å²) in [5, 5.41) is 8.81.